The molecule has 3 rings (SSSR count). The van der Waals surface area contributed by atoms with Gasteiger partial charge in [-0.2, -0.15) is 0 Å². The number of rotatable bonds is 5. The summed E-state index contributed by atoms with van der Waals surface area (Å²) in [7, 11) is 0. The second kappa shape index (κ2) is 5.95. The van der Waals surface area contributed by atoms with Gasteiger partial charge in [-0.25, -0.2) is 4.98 Å². The predicted molar refractivity (Wildman–Crippen MR) is 76.6 cm³/mol. The lowest BCUT2D eigenvalue weighted by atomic mass is 10.0. The Morgan fingerprint density at radius 3 is 2.75 bits per heavy atom. The molecule has 1 fully saturated rings. The lowest BCUT2D eigenvalue weighted by Gasteiger charge is -2.28. The SMILES string of the molecule is Clc1ccccc1CCC1(Cn2ccnc2)OCCO1. The zero-order valence-electron chi connectivity index (χ0n) is 11.2. The minimum absolute atomic E-state index is 0.570. The molecule has 5 heteroatoms. The number of nitrogens with zero attached hydrogens (tertiary/aromatic N) is 2. The Kier molecular flexibility index (Phi) is 4.05. The monoisotopic (exact) mass is 292 g/mol. The van der Waals surface area contributed by atoms with Crippen molar-refractivity contribution < 1.29 is 9.47 Å². The molecule has 1 aliphatic rings. The van der Waals surface area contributed by atoms with Gasteiger partial charge in [0.2, 0.25) is 0 Å². The van der Waals surface area contributed by atoms with E-state index in [1.54, 1.807) is 12.5 Å². The Hall–Kier alpha value is -1.36. The number of hydrogen-bond acceptors (Lipinski definition) is 3. The maximum absolute atomic E-state index is 6.20. The molecular weight excluding hydrogens is 276 g/mol. The van der Waals surface area contributed by atoms with E-state index in [4.69, 9.17) is 21.1 Å². The van der Waals surface area contributed by atoms with E-state index in [9.17, 15) is 0 Å². The standard InChI is InChI=1S/C15H17ClN2O2/c16-14-4-2-1-3-13(14)5-6-15(19-9-10-20-15)11-18-8-7-17-12-18/h1-4,7-8,12H,5-6,9-11H2. The van der Waals surface area contributed by atoms with E-state index in [0.29, 0.717) is 19.8 Å². The number of halogens is 1. The lowest BCUT2D eigenvalue weighted by molar-refractivity contribution is -0.171. The van der Waals surface area contributed by atoms with Crippen LogP contribution in [0, 0.1) is 0 Å². The van der Waals surface area contributed by atoms with Crippen LogP contribution in [-0.2, 0) is 22.4 Å². The topological polar surface area (TPSA) is 36.3 Å². The van der Waals surface area contributed by atoms with E-state index in [-0.39, 0.29) is 0 Å². The number of aryl methyl sites for hydroxylation is 1. The molecule has 106 valence electrons. The van der Waals surface area contributed by atoms with Crippen LogP contribution < -0.4 is 0 Å². The largest absolute Gasteiger partial charge is 0.346 e. The summed E-state index contributed by atoms with van der Waals surface area (Å²) < 4.78 is 13.7. The number of ether oxygens (including phenoxy) is 2. The van der Waals surface area contributed by atoms with Gasteiger partial charge in [0, 0.05) is 23.8 Å². The van der Waals surface area contributed by atoms with Gasteiger partial charge in [0.25, 0.3) is 0 Å². The van der Waals surface area contributed by atoms with Crippen LogP contribution >= 0.6 is 11.6 Å². The number of imidazole rings is 1. The quantitative estimate of drug-likeness (QED) is 0.850. The van der Waals surface area contributed by atoms with Crippen LogP contribution in [0.25, 0.3) is 0 Å². The molecule has 20 heavy (non-hydrogen) atoms. The van der Waals surface area contributed by atoms with E-state index in [1.807, 2.05) is 35.0 Å². The summed E-state index contributed by atoms with van der Waals surface area (Å²) in [5.74, 6) is -0.570. The molecule has 0 radical (unpaired) electrons. The van der Waals surface area contributed by atoms with Crippen molar-refractivity contribution in [3.63, 3.8) is 0 Å². The van der Waals surface area contributed by atoms with Crippen LogP contribution in [0.15, 0.2) is 43.0 Å². The molecule has 0 spiro atoms. The third-order valence-electron chi connectivity index (χ3n) is 3.53. The Morgan fingerprint density at radius 1 is 1.25 bits per heavy atom. The fourth-order valence-corrected chi connectivity index (χ4v) is 2.73. The molecule has 1 aromatic heterocycles. The van der Waals surface area contributed by atoms with Crippen molar-refractivity contribution >= 4 is 11.6 Å². The first-order chi connectivity index (χ1) is 9.77. The molecular formula is C15H17ClN2O2. The van der Waals surface area contributed by atoms with E-state index >= 15 is 0 Å². The third kappa shape index (κ3) is 3.03. The van der Waals surface area contributed by atoms with E-state index < -0.39 is 5.79 Å². The van der Waals surface area contributed by atoms with Crippen molar-refractivity contribution in [3.8, 4) is 0 Å². The first kappa shape index (κ1) is 13.6. The summed E-state index contributed by atoms with van der Waals surface area (Å²) in [4.78, 5) is 4.06. The Bertz CT molecular complexity index is 551. The predicted octanol–water partition coefficient (Wildman–Crippen LogP) is 2.91. The molecule has 0 unspecified atom stereocenters. The van der Waals surface area contributed by atoms with Crippen LogP contribution in [0.4, 0.5) is 0 Å². The van der Waals surface area contributed by atoms with Gasteiger partial charge >= 0.3 is 0 Å². The molecule has 2 heterocycles. The molecule has 1 saturated heterocycles. The van der Waals surface area contributed by atoms with Crippen LogP contribution in [0.3, 0.4) is 0 Å². The fraction of sp³-hybridized carbons (Fsp3) is 0.400. The highest BCUT2D eigenvalue weighted by Gasteiger charge is 2.36. The minimum Gasteiger partial charge on any atom is -0.346 e. The summed E-state index contributed by atoms with van der Waals surface area (Å²) in [6.45, 7) is 1.92. The number of aromatic nitrogens is 2. The Morgan fingerprint density at radius 2 is 2.05 bits per heavy atom. The summed E-state index contributed by atoms with van der Waals surface area (Å²) >= 11 is 6.20. The average Bonchev–Trinajstić information content (AvgIpc) is 3.11. The molecule has 2 aromatic rings. The van der Waals surface area contributed by atoms with Gasteiger partial charge in [-0.3, -0.25) is 0 Å². The zero-order chi connectivity index (χ0) is 13.8. The average molecular weight is 293 g/mol. The maximum Gasteiger partial charge on any atom is 0.186 e. The molecule has 0 aliphatic carbocycles. The van der Waals surface area contributed by atoms with E-state index in [0.717, 1.165) is 23.4 Å². The van der Waals surface area contributed by atoms with Crippen molar-refractivity contribution in [2.75, 3.05) is 13.2 Å². The second-order valence-electron chi connectivity index (χ2n) is 4.93. The van der Waals surface area contributed by atoms with E-state index in [2.05, 4.69) is 4.98 Å². The zero-order valence-corrected chi connectivity index (χ0v) is 11.9. The van der Waals surface area contributed by atoms with Gasteiger partial charge in [-0.15, -0.1) is 0 Å². The summed E-state index contributed by atoms with van der Waals surface area (Å²) in [6, 6.07) is 7.90. The fourth-order valence-electron chi connectivity index (χ4n) is 2.50. The van der Waals surface area contributed by atoms with Crippen LogP contribution in [0.5, 0.6) is 0 Å². The van der Waals surface area contributed by atoms with Gasteiger partial charge in [-0.05, 0) is 18.1 Å². The van der Waals surface area contributed by atoms with Gasteiger partial charge < -0.3 is 14.0 Å². The van der Waals surface area contributed by atoms with Gasteiger partial charge in [0.1, 0.15) is 0 Å². The van der Waals surface area contributed by atoms with Gasteiger partial charge in [0.05, 0.1) is 26.1 Å². The number of hydrogen-bond donors (Lipinski definition) is 0. The van der Waals surface area contributed by atoms with Crippen molar-refractivity contribution in [1.82, 2.24) is 9.55 Å². The Labute approximate surface area is 123 Å². The van der Waals surface area contributed by atoms with Crippen LogP contribution in [-0.4, -0.2) is 28.6 Å². The highest BCUT2D eigenvalue weighted by Crippen LogP contribution is 2.29. The molecule has 1 aliphatic heterocycles. The molecule has 0 amide bonds. The molecule has 4 nitrogen and oxygen atoms in total. The van der Waals surface area contributed by atoms with Crippen molar-refractivity contribution in [1.29, 1.82) is 0 Å². The maximum atomic E-state index is 6.20. The molecule has 0 saturated carbocycles. The second-order valence-corrected chi connectivity index (χ2v) is 5.34. The first-order valence-electron chi connectivity index (χ1n) is 6.74. The lowest BCUT2D eigenvalue weighted by Crippen LogP contribution is -2.35. The summed E-state index contributed by atoms with van der Waals surface area (Å²) in [5.41, 5.74) is 1.12. The smallest absolute Gasteiger partial charge is 0.186 e. The van der Waals surface area contributed by atoms with Crippen molar-refractivity contribution in [2.24, 2.45) is 0 Å². The Balaban J connectivity index is 1.70. The number of benzene rings is 1. The minimum atomic E-state index is -0.570. The third-order valence-corrected chi connectivity index (χ3v) is 3.90. The highest BCUT2D eigenvalue weighted by molar-refractivity contribution is 6.31. The molecule has 0 N–H and O–H groups in total. The summed E-state index contributed by atoms with van der Waals surface area (Å²) in [6.07, 6.45) is 7.06. The van der Waals surface area contributed by atoms with Crippen LogP contribution in [0.2, 0.25) is 5.02 Å². The van der Waals surface area contributed by atoms with Crippen molar-refractivity contribution in [3.05, 3.63) is 53.6 Å². The molecule has 1 aromatic carbocycles. The first-order valence-corrected chi connectivity index (χ1v) is 7.12. The van der Waals surface area contributed by atoms with E-state index in [1.165, 1.54) is 0 Å². The molecule has 0 atom stereocenters. The normalized spacial score (nSPS) is 17.4. The van der Waals surface area contributed by atoms with Gasteiger partial charge in [-0.1, -0.05) is 29.8 Å². The van der Waals surface area contributed by atoms with Crippen molar-refractivity contribution in [2.45, 2.75) is 25.2 Å². The summed E-state index contributed by atoms with van der Waals surface area (Å²) in [5, 5.41) is 0.795. The highest BCUT2D eigenvalue weighted by atomic mass is 35.5. The van der Waals surface area contributed by atoms with Gasteiger partial charge in [0.15, 0.2) is 5.79 Å². The molecule has 0 bridgehead atoms. The van der Waals surface area contributed by atoms with Crippen LogP contribution in [0.1, 0.15) is 12.0 Å².